The SMILES string of the molecule is FC1(c2cccs2)CC=CC=C1c1cccs1. The van der Waals surface area contributed by atoms with Crippen LogP contribution in [0.1, 0.15) is 16.2 Å². The predicted octanol–water partition coefficient (Wildman–Crippen LogP) is 5.02. The summed E-state index contributed by atoms with van der Waals surface area (Å²) >= 11 is 3.08. The Hall–Kier alpha value is -1.19. The van der Waals surface area contributed by atoms with Crippen LogP contribution in [-0.2, 0) is 5.67 Å². The van der Waals surface area contributed by atoms with E-state index >= 15 is 4.39 Å². The van der Waals surface area contributed by atoms with Gasteiger partial charge in [-0.15, -0.1) is 22.7 Å². The van der Waals surface area contributed by atoms with Crippen molar-refractivity contribution in [2.45, 2.75) is 12.1 Å². The third-order valence-corrected chi connectivity index (χ3v) is 4.83. The summed E-state index contributed by atoms with van der Waals surface area (Å²) in [5, 5.41) is 3.92. The Balaban J connectivity index is 2.11. The first-order chi connectivity index (χ1) is 8.31. The van der Waals surface area contributed by atoms with E-state index in [1.54, 1.807) is 11.3 Å². The number of hydrogen-bond donors (Lipinski definition) is 0. The summed E-state index contributed by atoms with van der Waals surface area (Å²) in [5.74, 6) is 0. The molecule has 2 aromatic heterocycles. The van der Waals surface area contributed by atoms with E-state index in [1.165, 1.54) is 11.3 Å². The fraction of sp³-hybridized carbons (Fsp3) is 0.143. The molecule has 17 heavy (non-hydrogen) atoms. The number of halogens is 1. The van der Waals surface area contributed by atoms with Crippen molar-refractivity contribution in [2.75, 3.05) is 0 Å². The van der Waals surface area contributed by atoms with E-state index < -0.39 is 5.67 Å². The van der Waals surface area contributed by atoms with E-state index in [-0.39, 0.29) is 0 Å². The second kappa shape index (κ2) is 4.24. The highest BCUT2D eigenvalue weighted by Crippen LogP contribution is 2.47. The maximum absolute atomic E-state index is 15.3. The first kappa shape index (κ1) is 10.9. The molecule has 0 radical (unpaired) electrons. The van der Waals surface area contributed by atoms with E-state index in [0.29, 0.717) is 6.42 Å². The van der Waals surface area contributed by atoms with Crippen LogP contribution in [0.2, 0.25) is 0 Å². The average molecular weight is 262 g/mol. The van der Waals surface area contributed by atoms with E-state index in [4.69, 9.17) is 0 Å². The van der Waals surface area contributed by atoms with Crippen molar-refractivity contribution < 1.29 is 4.39 Å². The van der Waals surface area contributed by atoms with E-state index in [2.05, 4.69) is 0 Å². The van der Waals surface area contributed by atoms with Crippen LogP contribution in [0.25, 0.3) is 5.57 Å². The van der Waals surface area contributed by atoms with Gasteiger partial charge in [0.15, 0.2) is 5.67 Å². The maximum Gasteiger partial charge on any atom is 0.174 e. The lowest BCUT2D eigenvalue weighted by molar-refractivity contribution is 0.256. The van der Waals surface area contributed by atoms with Crippen LogP contribution in [-0.4, -0.2) is 0 Å². The minimum atomic E-state index is -1.35. The molecule has 0 spiro atoms. The Morgan fingerprint density at radius 3 is 2.65 bits per heavy atom. The normalized spacial score (nSPS) is 23.7. The van der Waals surface area contributed by atoms with Gasteiger partial charge in [-0.3, -0.25) is 0 Å². The summed E-state index contributed by atoms with van der Waals surface area (Å²) in [5.41, 5.74) is -0.564. The Kier molecular flexibility index (Phi) is 2.73. The highest BCUT2D eigenvalue weighted by atomic mass is 32.1. The summed E-state index contributed by atoms with van der Waals surface area (Å²) in [6.45, 7) is 0. The molecule has 1 unspecified atom stereocenters. The van der Waals surface area contributed by atoms with Crippen molar-refractivity contribution >= 4 is 28.2 Å². The number of rotatable bonds is 2. The molecule has 0 aromatic carbocycles. The molecule has 2 aromatic rings. The van der Waals surface area contributed by atoms with Gasteiger partial charge in [0.05, 0.1) is 0 Å². The Morgan fingerprint density at radius 2 is 1.94 bits per heavy atom. The summed E-state index contributed by atoms with van der Waals surface area (Å²) in [6, 6.07) is 7.74. The van der Waals surface area contributed by atoms with Gasteiger partial charge < -0.3 is 0 Å². The van der Waals surface area contributed by atoms with Gasteiger partial charge in [-0.1, -0.05) is 30.4 Å². The molecule has 1 atom stereocenters. The van der Waals surface area contributed by atoms with Crippen molar-refractivity contribution in [3.8, 4) is 0 Å². The van der Waals surface area contributed by atoms with Gasteiger partial charge in [0.25, 0.3) is 0 Å². The molecule has 0 aliphatic heterocycles. The molecule has 0 nitrogen and oxygen atoms in total. The van der Waals surface area contributed by atoms with Gasteiger partial charge in [-0.05, 0) is 22.9 Å². The van der Waals surface area contributed by atoms with Gasteiger partial charge in [0, 0.05) is 21.7 Å². The third kappa shape index (κ3) is 1.79. The summed E-state index contributed by atoms with van der Waals surface area (Å²) in [7, 11) is 0. The van der Waals surface area contributed by atoms with Gasteiger partial charge in [-0.25, -0.2) is 4.39 Å². The van der Waals surface area contributed by atoms with Crippen LogP contribution in [0.5, 0.6) is 0 Å². The van der Waals surface area contributed by atoms with Gasteiger partial charge >= 0.3 is 0 Å². The lowest BCUT2D eigenvalue weighted by Crippen LogP contribution is -2.21. The highest BCUT2D eigenvalue weighted by Gasteiger charge is 2.38. The molecule has 0 saturated heterocycles. The lowest BCUT2D eigenvalue weighted by Gasteiger charge is -2.27. The van der Waals surface area contributed by atoms with Crippen LogP contribution in [0.4, 0.5) is 4.39 Å². The smallest absolute Gasteiger partial charge is 0.174 e. The van der Waals surface area contributed by atoms with Crippen LogP contribution < -0.4 is 0 Å². The second-order valence-corrected chi connectivity index (χ2v) is 5.86. The summed E-state index contributed by atoms with van der Waals surface area (Å²) in [6.07, 6.45) is 6.17. The molecule has 1 aliphatic carbocycles. The van der Waals surface area contributed by atoms with Crippen LogP contribution in [0.15, 0.2) is 53.3 Å². The Bertz CT molecular complexity index is 549. The van der Waals surface area contributed by atoms with Gasteiger partial charge in [0.2, 0.25) is 0 Å². The fourth-order valence-electron chi connectivity index (χ4n) is 2.08. The first-order valence-corrected chi connectivity index (χ1v) is 7.21. The molecule has 0 N–H and O–H groups in total. The first-order valence-electron chi connectivity index (χ1n) is 5.45. The molecule has 86 valence electrons. The number of thiophene rings is 2. The molecule has 0 saturated carbocycles. The zero-order valence-electron chi connectivity index (χ0n) is 9.10. The minimum Gasteiger partial charge on any atom is -0.232 e. The standard InChI is InChI=1S/C14H11FS2/c15-14(13-7-4-10-17-13)8-2-1-5-11(14)12-6-3-9-16-12/h1-7,9-10H,8H2. The molecule has 1 aliphatic rings. The van der Waals surface area contributed by atoms with Crippen molar-refractivity contribution in [3.63, 3.8) is 0 Å². The van der Waals surface area contributed by atoms with E-state index in [9.17, 15) is 0 Å². The molecule has 3 rings (SSSR count). The topological polar surface area (TPSA) is 0 Å². The Labute approximate surface area is 108 Å². The summed E-state index contributed by atoms with van der Waals surface area (Å²) in [4.78, 5) is 1.81. The molecule has 3 heteroatoms. The maximum atomic E-state index is 15.3. The van der Waals surface area contributed by atoms with Crippen molar-refractivity contribution in [1.82, 2.24) is 0 Å². The van der Waals surface area contributed by atoms with Gasteiger partial charge in [0.1, 0.15) is 0 Å². The van der Waals surface area contributed by atoms with Crippen LogP contribution in [0.3, 0.4) is 0 Å². The molecule has 0 bridgehead atoms. The van der Waals surface area contributed by atoms with Crippen LogP contribution >= 0.6 is 22.7 Å². The average Bonchev–Trinajstić information content (AvgIpc) is 3.03. The molecular formula is C14H11FS2. The van der Waals surface area contributed by atoms with Crippen LogP contribution in [0, 0.1) is 0 Å². The summed E-state index contributed by atoms with van der Waals surface area (Å²) < 4.78 is 15.3. The van der Waals surface area contributed by atoms with E-state index in [1.807, 2.05) is 53.3 Å². The van der Waals surface area contributed by atoms with Crippen molar-refractivity contribution in [1.29, 1.82) is 0 Å². The Morgan fingerprint density at radius 1 is 1.12 bits per heavy atom. The molecule has 0 amide bonds. The highest BCUT2D eigenvalue weighted by molar-refractivity contribution is 7.11. The zero-order chi connectivity index (χ0) is 11.7. The number of alkyl halides is 1. The minimum absolute atomic E-state index is 0.428. The molecule has 2 heterocycles. The lowest BCUT2D eigenvalue weighted by atomic mass is 9.86. The van der Waals surface area contributed by atoms with E-state index in [0.717, 1.165) is 15.3 Å². The number of allylic oxidation sites excluding steroid dienone is 4. The molecular weight excluding hydrogens is 251 g/mol. The number of hydrogen-bond acceptors (Lipinski definition) is 2. The molecule has 0 fully saturated rings. The predicted molar refractivity (Wildman–Crippen MR) is 73.2 cm³/mol. The second-order valence-electron chi connectivity index (χ2n) is 3.97. The third-order valence-electron chi connectivity index (χ3n) is 2.92. The largest absolute Gasteiger partial charge is 0.232 e. The fourth-order valence-corrected chi connectivity index (χ4v) is 3.74. The quantitative estimate of drug-likeness (QED) is 0.713. The zero-order valence-corrected chi connectivity index (χ0v) is 10.7. The van der Waals surface area contributed by atoms with Gasteiger partial charge in [-0.2, -0.15) is 0 Å². The van der Waals surface area contributed by atoms with Crippen molar-refractivity contribution in [2.24, 2.45) is 0 Å². The monoisotopic (exact) mass is 262 g/mol. The van der Waals surface area contributed by atoms with Crippen molar-refractivity contribution in [3.05, 3.63) is 63.0 Å².